The van der Waals surface area contributed by atoms with Crippen LogP contribution in [0.3, 0.4) is 0 Å². The van der Waals surface area contributed by atoms with Gasteiger partial charge in [0, 0.05) is 35.2 Å². The number of aromatic carboxylic acids is 1. The Labute approximate surface area is 152 Å². The van der Waals surface area contributed by atoms with Gasteiger partial charge in [0.2, 0.25) is 5.92 Å². The molecular weight excluding hydrogens is 338 g/mol. The lowest BCUT2D eigenvalue weighted by Gasteiger charge is -2.29. The fourth-order valence-electron chi connectivity index (χ4n) is 3.92. The summed E-state index contributed by atoms with van der Waals surface area (Å²) in [4.78, 5) is 15.9. The summed E-state index contributed by atoms with van der Waals surface area (Å²) in [6.07, 6.45) is 1.55. The monoisotopic (exact) mass is 363 g/mol. The Morgan fingerprint density at radius 1 is 1.31 bits per heavy atom. The van der Waals surface area contributed by atoms with E-state index in [2.05, 4.69) is 20.8 Å². The molecule has 26 heavy (non-hydrogen) atoms. The number of halogens is 2. The number of rotatable bonds is 3. The zero-order valence-electron chi connectivity index (χ0n) is 15.7. The van der Waals surface area contributed by atoms with Gasteiger partial charge in [-0.1, -0.05) is 20.8 Å². The highest BCUT2D eigenvalue weighted by Crippen LogP contribution is 2.39. The van der Waals surface area contributed by atoms with Crippen molar-refractivity contribution in [2.24, 2.45) is 5.92 Å². The van der Waals surface area contributed by atoms with Crippen molar-refractivity contribution >= 4 is 11.6 Å². The van der Waals surface area contributed by atoms with Gasteiger partial charge in [-0.15, -0.1) is 0 Å². The van der Waals surface area contributed by atoms with Crippen LogP contribution in [0.4, 0.5) is 8.78 Å². The third-order valence-electron chi connectivity index (χ3n) is 5.27. The van der Waals surface area contributed by atoms with E-state index in [4.69, 9.17) is 4.98 Å². The van der Waals surface area contributed by atoms with E-state index in [-0.39, 0.29) is 29.7 Å². The Kier molecular flexibility index (Phi) is 4.57. The van der Waals surface area contributed by atoms with Crippen LogP contribution in [-0.2, 0) is 11.8 Å². The first-order valence-corrected chi connectivity index (χ1v) is 9.09. The van der Waals surface area contributed by atoms with Crippen LogP contribution in [0.1, 0.15) is 73.9 Å². The number of aryl methyl sites for hydroxylation is 1. The van der Waals surface area contributed by atoms with E-state index in [0.717, 1.165) is 17.1 Å². The minimum absolute atomic E-state index is 0.0624. The Hall–Kier alpha value is -1.98. The first-order chi connectivity index (χ1) is 12.0. The van der Waals surface area contributed by atoms with E-state index in [1.807, 2.05) is 11.3 Å². The molecule has 3 rings (SSSR count). The quantitative estimate of drug-likeness (QED) is 0.836. The zero-order valence-corrected chi connectivity index (χ0v) is 15.7. The molecule has 2 heterocycles. The van der Waals surface area contributed by atoms with Crippen molar-refractivity contribution in [2.45, 2.75) is 71.1 Å². The number of nitrogens with zero attached hydrogens (tertiary/aromatic N) is 2. The molecule has 142 valence electrons. The van der Waals surface area contributed by atoms with Crippen LogP contribution in [0, 0.1) is 12.8 Å². The summed E-state index contributed by atoms with van der Waals surface area (Å²) < 4.78 is 28.9. The van der Waals surface area contributed by atoms with Crippen LogP contribution in [0.5, 0.6) is 0 Å². The third-order valence-corrected chi connectivity index (χ3v) is 5.27. The molecule has 0 aliphatic heterocycles. The van der Waals surface area contributed by atoms with Gasteiger partial charge in [-0.3, -0.25) is 0 Å². The summed E-state index contributed by atoms with van der Waals surface area (Å²) in [6, 6.07) is 3.10. The summed E-state index contributed by atoms with van der Waals surface area (Å²) in [7, 11) is 0. The molecule has 1 saturated carbocycles. The molecule has 0 unspecified atom stereocenters. The molecule has 2 aromatic heterocycles. The van der Waals surface area contributed by atoms with Gasteiger partial charge in [-0.25, -0.2) is 13.8 Å². The van der Waals surface area contributed by atoms with Gasteiger partial charge in [-0.2, -0.15) is 0 Å². The number of carboxylic acid groups (broad SMARTS) is 1. The van der Waals surface area contributed by atoms with Gasteiger partial charge in [0.15, 0.2) is 0 Å². The average molecular weight is 363 g/mol. The number of alkyl halides is 2. The molecule has 0 spiro atoms. The Bertz CT molecular complexity index is 840. The van der Waals surface area contributed by atoms with Crippen molar-refractivity contribution in [2.75, 3.05) is 0 Å². The van der Waals surface area contributed by atoms with Crippen molar-refractivity contribution in [1.29, 1.82) is 0 Å². The molecule has 1 aliphatic carbocycles. The van der Waals surface area contributed by atoms with Crippen LogP contribution >= 0.6 is 0 Å². The SMILES string of the molecule is Cc1cc(C(=O)[O-])cc2nc(C(C)(C)C)c(CC3CCC(F)(F)CC3)n12. The molecule has 4 nitrogen and oxygen atoms in total. The van der Waals surface area contributed by atoms with E-state index in [1.165, 1.54) is 6.07 Å². The van der Waals surface area contributed by atoms with E-state index in [0.29, 0.717) is 24.9 Å². The fourth-order valence-corrected chi connectivity index (χ4v) is 3.92. The van der Waals surface area contributed by atoms with Crippen molar-refractivity contribution in [3.8, 4) is 0 Å². The fraction of sp³-hybridized carbons (Fsp3) is 0.600. The molecule has 0 bridgehead atoms. The van der Waals surface area contributed by atoms with Gasteiger partial charge in [0.25, 0.3) is 0 Å². The van der Waals surface area contributed by atoms with Gasteiger partial charge in [0.1, 0.15) is 5.65 Å². The normalized spacial score (nSPS) is 18.4. The van der Waals surface area contributed by atoms with Crippen LogP contribution in [0.2, 0.25) is 0 Å². The van der Waals surface area contributed by atoms with Gasteiger partial charge in [-0.05, 0) is 44.2 Å². The van der Waals surface area contributed by atoms with E-state index < -0.39 is 11.9 Å². The molecule has 0 aromatic carbocycles. The van der Waals surface area contributed by atoms with Crippen molar-refractivity contribution in [3.05, 3.63) is 34.8 Å². The zero-order chi connectivity index (χ0) is 19.3. The number of pyridine rings is 1. The number of imidazole rings is 1. The Balaban J connectivity index is 2.06. The second-order valence-corrected chi connectivity index (χ2v) is 8.53. The molecule has 1 aliphatic rings. The molecule has 0 atom stereocenters. The first-order valence-electron chi connectivity index (χ1n) is 9.09. The van der Waals surface area contributed by atoms with Crippen molar-refractivity contribution in [3.63, 3.8) is 0 Å². The molecule has 0 N–H and O–H groups in total. The van der Waals surface area contributed by atoms with E-state index in [9.17, 15) is 18.7 Å². The Morgan fingerprint density at radius 3 is 2.46 bits per heavy atom. The smallest absolute Gasteiger partial charge is 0.248 e. The summed E-state index contributed by atoms with van der Waals surface area (Å²) in [6.45, 7) is 8.01. The number of carbonyl (C=O) groups is 1. The summed E-state index contributed by atoms with van der Waals surface area (Å²) >= 11 is 0. The standard InChI is InChI=1S/C20H26F2N2O2/c1-12-9-14(18(25)26)11-16-23-17(19(2,3)4)15(24(12)16)10-13-5-7-20(21,22)8-6-13/h9,11,13H,5-8,10H2,1-4H3,(H,25,26)/p-1. The van der Waals surface area contributed by atoms with Gasteiger partial charge >= 0.3 is 0 Å². The molecule has 1 fully saturated rings. The lowest BCUT2D eigenvalue weighted by molar-refractivity contribution is -0.255. The van der Waals surface area contributed by atoms with E-state index in [1.54, 1.807) is 6.07 Å². The molecule has 0 saturated heterocycles. The number of carbonyl (C=O) groups excluding carboxylic acids is 1. The maximum Gasteiger partial charge on any atom is 0.248 e. The molecule has 6 heteroatoms. The van der Waals surface area contributed by atoms with Crippen molar-refractivity contribution < 1.29 is 18.7 Å². The van der Waals surface area contributed by atoms with Gasteiger partial charge < -0.3 is 14.3 Å². The lowest BCUT2D eigenvalue weighted by atomic mass is 9.81. The number of carboxylic acids is 1. The largest absolute Gasteiger partial charge is 0.545 e. The van der Waals surface area contributed by atoms with Crippen LogP contribution < -0.4 is 5.11 Å². The first kappa shape index (κ1) is 18.8. The minimum atomic E-state index is -2.54. The van der Waals surface area contributed by atoms with E-state index >= 15 is 0 Å². The molecule has 0 radical (unpaired) electrons. The second kappa shape index (κ2) is 6.32. The highest BCUT2D eigenvalue weighted by Gasteiger charge is 2.36. The topological polar surface area (TPSA) is 57.4 Å². The predicted molar refractivity (Wildman–Crippen MR) is 93.6 cm³/mol. The highest BCUT2D eigenvalue weighted by molar-refractivity contribution is 5.87. The van der Waals surface area contributed by atoms with Crippen LogP contribution in [0.25, 0.3) is 5.65 Å². The number of hydrogen-bond donors (Lipinski definition) is 0. The number of hydrogen-bond acceptors (Lipinski definition) is 3. The summed E-state index contributed by atoms with van der Waals surface area (Å²) in [5.41, 5.74) is 3.11. The number of aromatic nitrogens is 2. The average Bonchev–Trinajstić information content (AvgIpc) is 2.88. The maximum atomic E-state index is 13.5. The minimum Gasteiger partial charge on any atom is -0.545 e. The highest BCUT2D eigenvalue weighted by atomic mass is 19.3. The van der Waals surface area contributed by atoms with Crippen molar-refractivity contribution in [1.82, 2.24) is 9.38 Å². The Morgan fingerprint density at radius 2 is 1.92 bits per heavy atom. The number of fused-ring (bicyclic) bond motifs is 1. The predicted octanol–water partition coefficient (Wildman–Crippen LogP) is 3.67. The summed E-state index contributed by atoms with van der Waals surface area (Å²) in [5, 5.41) is 11.2. The van der Waals surface area contributed by atoms with Crippen LogP contribution in [0.15, 0.2) is 12.1 Å². The maximum absolute atomic E-state index is 13.5. The molecule has 2 aromatic rings. The lowest BCUT2D eigenvalue weighted by Crippen LogP contribution is -2.26. The molecular formula is C20H25F2N2O2-. The van der Waals surface area contributed by atoms with Crippen LogP contribution in [-0.4, -0.2) is 21.3 Å². The second-order valence-electron chi connectivity index (χ2n) is 8.53. The summed E-state index contributed by atoms with van der Waals surface area (Å²) in [5.74, 6) is -3.58. The van der Waals surface area contributed by atoms with Gasteiger partial charge in [0.05, 0.1) is 11.7 Å². The third kappa shape index (κ3) is 3.60. The molecule has 0 amide bonds.